The number of rotatable bonds is 4. The van der Waals surface area contributed by atoms with E-state index < -0.39 is 0 Å². The van der Waals surface area contributed by atoms with Gasteiger partial charge in [0, 0.05) is 26.1 Å². The molecule has 1 saturated heterocycles. The Morgan fingerprint density at radius 2 is 2.05 bits per heavy atom. The molecule has 2 N–H and O–H groups in total. The Morgan fingerprint density at radius 3 is 2.86 bits per heavy atom. The van der Waals surface area contributed by atoms with Gasteiger partial charge in [0.1, 0.15) is 11.6 Å². The Hall–Kier alpha value is -2.08. The van der Waals surface area contributed by atoms with E-state index in [4.69, 9.17) is 4.74 Å². The molecule has 1 aliphatic rings. The second-order valence-corrected chi connectivity index (χ2v) is 5.20. The van der Waals surface area contributed by atoms with Crippen LogP contribution in [-0.2, 0) is 6.42 Å². The van der Waals surface area contributed by atoms with Crippen LogP contribution in [0.4, 0.5) is 5.95 Å². The molecule has 1 aliphatic heterocycles. The zero-order valence-corrected chi connectivity index (χ0v) is 12.3. The number of hydrogen-bond acceptors (Lipinski definition) is 5. The standard InChI is InChI=1S/C15H21N5O/c1-21-13-5-3-12(4-6-13)11-14-17-15(19-18-14)20-9-2-7-16-8-10-20/h3-6,16H,2,7-11H2,1H3,(H,17,18,19). The first-order chi connectivity index (χ1) is 10.3. The highest BCUT2D eigenvalue weighted by Crippen LogP contribution is 2.15. The highest BCUT2D eigenvalue weighted by molar-refractivity contribution is 5.32. The third-order valence-electron chi connectivity index (χ3n) is 3.67. The van der Waals surface area contributed by atoms with Gasteiger partial charge in [-0.3, -0.25) is 5.10 Å². The molecular weight excluding hydrogens is 266 g/mol. The summed E-state index contributed by atoms with van der Waals surface area (Å²) in [6, 6.07) is 8.04. The highest BCUT2D eigenvalue weighted by atomic mass is 16.5. The van der Waals surface area contributed by atoms with E-state index in [1.807, 2.05) is 12.1 Å². The Morgan fingerprint density at radius 1 is 1.19 bits per heavy atom. The van der Waals surface area contributed by atoms with Crippen LogP contribution in [0.1, 0.15) is 17.8 Å². The maximum absolute atomic E-state index is 5.17. The summed E-state index contributed by atoms with van der Waals surface area (Å²) >= 11 is 0. The van der Waals surface area contributed by atoms with Crippen molar-refractivity contribution in [3.63, 3.8) is 0 Å². The van der Waals surface area contributed by atoms with Crippen LogP contribution in [0.2, 0.25) is 0 Å². The summed E-state index contributed by atoms with van der Waals surface area (Å²) in [4.78, 5) is 6.84. The average molecular weight is 287 g/mol. The second kappa shape index (κ2) is 6.58. The Kier molecular flexibility index (Phi) is 4.35. The van der Waals surface area contributed by atoms with E-state index in [0.717, 1.165) is 56.5 Å². The number of aromatic amines is 1. The van der Waals surface area contributed by atoms with E-state index in [-0.39, 0.29) is 0 Å². The fourth-order valence-corrected chi connectivity index (χ4v) is 2.49. The van der Waals surface area contributed by atoms with Crippen molar-refractivity contribution in [2.24, 2.45) is 0 Å². The minimum absolute atomic E-state index is 0.753. The van der Waals surface area contributed by atoms with Gasteiger partial charge in [0.2, 0.25) is 5.95 Å². The molecule has 0 unspecified atom stereocenters. The molecule has 0 radical (unpaired) electrons. The Bertz CT molecular complexity index is 558. The number of hydrogen-bond donors (Lipinski definition) is 2. The number of nitrogens with zero attached hydrogens (tertiary/aromatic N) is 3. The van der Waals surface area contributed by atoms with Crippen LogP contribution in [0.3, 0.4) is 0 Å². The molecule has 6 nitrogen and oxygen atoms in total. The summed E-state index contributed by atoms with van der Waals surface area (Å²) in [5, 5.41) is 10.8. The van der Waals surface area contributed by atoms with Crippen molar-refractivity contribution in [3.8, 4) is 5.75 Å². The van der Waals surface area contributed by atoms with Gasteiger partial charge in [0.15, 0.2) is 0 Å². The maximum Gasteiger partial charge on any atom is 0.244 e. The monoisotopic (exact) mass is 287 g/mol. The molecule has 3 rings (SSSR count). The molecule has 6 heteroatoms. The zero-order chi connectivity index (χ0) is 14.5. The molecule has 21 heavy (non-hydrogen) atoms. The molecule has 0 spiro atoms. The number of benzene rings is 1. The van der Waals surface area contributed by atoms with E-state index in [2.05, 4.69) is 37.5 Å². The lowest BCUT2D eigenvalue weighted by Gasteiger charge is -2.16. The van der Waals surface area contributed by atoms with Crippen LogP contribution < -0.4 is 15.0 Å². The first kappa shape index (κ1) is 13.9. The lowest BCUT2D eigenvalue weighted by atomic mass is 10.1. The summed E-state index contributed by atoms with van der Waals surface area (Å²) in [6.07, 6.45) is 1.88. The van der Waals surface area contributed by atoms with Gasteiger partial charge in [-0.15, -0.1) is 5.10 Å². The first-order valence-corrected chi connectivity index (χ1v) is 7.35. The molecule has 112 valence electrons. The van der Waals surface area contributed by atoms with E-state index >= 15 is 0 Å². The number of ether oxygens (including phenoxy) is 1. The molecule has 1 aromatic heterocycles. The van der Waals surface area contributed by atoms with Crippen molar-refractivity contribution in [1.29, 1.82) is 0 Å². The number of aromatic nitrogens is 3. The molecule has 1 aromatic carbocycles. The van der Waals surface area contributed by atoms with Gasteiger partial charge < -0.3 is 15.0 Å². The molecule has 1 fully saturated rings. The highest BCUT2D eigenvalue weighted by Gasteiger charge is 2.14. The smallest absolute Gasteiger partial charge is 0.244 e. The van der Waals surface area contributed by atoms with Crippen LogP contribution in [0.25, 0.3) is 0 Å². The molecule has 0 amide bonds. The second-order valence-electron chi connectivity index (χ2n) is 5.20. The van der Waals surface area contributed by atoms with Gasteiger partial charge in [0.25, 0.3) is 0 Å². The van der Waals surface area contributed by atoms with Crippen molar-refractivity contribution in [2.75, 3.05) is 38.2 Å². The van der Waals surface area contributed by atoms with Gasteiger partial charge in [-0.25, -0.2) is 0 Å². The van der Waals surface area contributed by atoms with Crippen molar-refractivity contribution < 1.29 is 4.74 Å². The molecule has 0 atom stereocenters. The minimum Gasteiger partial charge on any atom is -0.497 e. The number of methoxy groups -OCH3 is 1. The van der Waals surface area contributed by atoms with Gasteiger partial charge >= 0.3 is 0 Å². The van der Waals surface area contributed by atoms with Gasteiger partial charge in [0.05, 0.1) is 7.11 Å². The van der Waals surface area contributed by atoms with Gasteiger partial charge in [-0.2, -0.15) is 4.98 Å². The zero-order valence-electron chi connectivity index (χ0n) is 12.3. The Labute approximate surface area is 124 Å². The summed E-state index contributed by atoms with van der Waals surface area (Å²) in [5.74, 6) is 2.57. The van der Waals surface area contributed by atoms with Crippen LogP contribution in [0, 0.1) is 0 Å². The third-order valence-corrected chi connectivity index (χ3v) is 3.67. The first-order valence-electron chi connectivity index (χ1n) is 7.35. The predicted molar refractivity (Wildman–Crippen MR) is 81.9 cm³/mol. The Balaban J connectivity index is 1.66. The molecule has 0 bridgehead atoms. The van der Waals surface area contributed by atoms with Crippen LogP contribution in [0.5, 0.6) is 5.75 Å². The van der Waals surface area contributed by atoms with Gasteiger partial charge in [-0.1, -0.05) is 12.1 Å². The number of nitrogens with one attached hydrogen (secondary N) is 2. The maximum atomic E-state index is 5.17. The van der Waals surface area contributed by atoms with E-state index in [1.54, 1.807) is 7.11 Å². The molecule has 0 saturated carbocycles. The summed E-state index contributed by atoms with van der Waals surface area (Å²) in [6.45, 7) is 4.02. The van der Waals surface area contributed by atoms with Crippen LogP contribution >= 0.6 is 0 Å². The van der Waals surface area contributed by atoms with Crippen molar-refractivity contribution in [1.82, 2.24) is 20.5 Å². The fourth-order valence-electron chi connectivity index (χ4n) is 2.49. The summed E-state index contributed by atoms with van der Waals surface area (Å²) in [7, 11) is 1.67. The third kappa shape index (κ3) is 3.52. The molecule has 0 aliphatic carbocycles. The normalized spacial score (nSPS) is 15.8. The van der Waals surface area contributed by atoms with E-state index in [1.165, 1.54) is 5.56 Å². The van der Waals surface area contributed by atoms with Crippen LogP contribution in [0.15, 0.2) is 24.3 Å². The minimum atomic E-state index is 0.753. The largest absolute Gasteiger partial charge is 0.497 e. The SMILES string of the molecule is COc1ccc(Cc2nc(N3CCCNCC3)n[nH]2)cc1. The molecular formula is C15H21N5O. The quantitative estimate of drug-likeness (QED) is 0.884. The lowest BCUT2D eigenvalue weighted by Crippen LogP contribution is -2.28. The fraction of sp³-hybridized carbons (Fsp3) is 0.467. The number of anilines is 1. The number of H-pyrrole nitrogens is 1. The average Bonchev–Trinajstić information content (AvgIpc) is 2.81. The van der Waals surface area contributed by atoms with E-state index in [0.29, 0.717) is 0 Å². The molecule has 2 heterocycles. The summed E-state index contributed by atoms with van der Waals surface area (Å²) in [5.41, 5.74) is 1.19. The van der Waals surface area contributed by atoms with Crippen molar-refractivity contribution in [2.45, 2.75) is 12.8 Å². The summed E-state index contributed by atoms with van der Waals surface area (Å²) < 4.78 is 5.17. The van der Waals surface area contributed by atoms with Gasteiger partial charge in [-0.05, 0) is 30.7 Å². The predicted octanol–water partition coefficient (Wildman–Crippen LogP) is 1.20. The van der Waals surface area contributed by atoms with Crippen LogP contribution in [-0.4, -0.2) is 48.5 Å². The topological polar surface area (TPSA) is 66.1 Å². The lowest BCUT2D eigenvalue weighted by molar-refractivity contribution is 0.414. The van der Waals surface area contributed by atoms with E-state index in [9.17, 15) is 0 Å². The van der Waals surface area contributed by atoms with Crippen molar-refractivity contribution >= 4 is 5.95 Å². The molecule has 2 aromatic rings. The van der Waals surface area contributed by atoms with Crippen molar-refractivity contribution in [3.05, 3.63) is 35.7 Å².